The average molecular weight is 246 g/mol. The molecule has 0 spiro atoms. The van der Waals surface area contributed by atoms with Crippen LogP contribution in [0.5, 0.6) is 0 Å². The topological polar surface area (TPSA) is 32.8 Å². The number of hydrogen-bond donors (Lipinski definition) is 0. The van der Waals surface area contributed by atoms with Gasteiger partial charge in [-0.1, -0.05) is 0 Å². The van der Waals surface area contributed by atoms with Gasteiger partial charge in [-0.25, -0.2) is 9.18 Å². The zero-order valence-electron chi connectivity index (χ0n) is 11.4. The molecular weight excluding hydrogens is 223 g/mol. The molecule has 0 N–H and O–H groups in total. The van der Waals surface area contributed by atoms with Crippen molar-refractivity contribution < 1.29 is 13.9 Å². The van der Waals surface area contributed by atoms with Crippen LogP contribution in [0.1, 0.15) is 27.2 Å². The molecular formula is C12H23FN2O2. The van der Waals surface area contributed by atoms with E-state index in [-0.39, 0.29) is 6.04 Å². The van der Waals surface area contributed by atoms with Gasteiger partial charge in [-0.15, -0.1) is 0 Å². The standard InChI is InChI=1S/C12H23FN2O2/c1-12(2,3)17-11(16)15(5)10-6-7-14(4)8-9(10)13/h9-10H,6-8H2,1-5H3/t9-,10+/m0/s1. The Morgan fingerprint density at radius 2 is 2.06 bits per heavy atom. The van der Waals surface area contributed by atoms with Gasteiger partial charge in [-0.05, 0) is 34.2 Å². The molecule has 1 rings (SSSR count). The van der Waals surface area contributed by atoms with E-state index >= 15 is 0 Å². The van der Waals surface area contributed by atoms with Crippen molar-refractivity contribution in [2.24, 2.45) is 0 Å². The number of amides is 1. The molecule has 0 aliphatic carbocycles. The third-order valence-corrected chi connectivity index (χ3v) is 2.89. The zero-order valence-corrected chi connectivity index (χ0v) is 11.4. The number of hydrogen-bond acceptors (Lipinski definition) is 3. The molecule has 4 nitrogen and oxygen atoms in total. The summed E-state index contributed by atoms with van der Waals surface area (Å²) in [7, 11) is 3.49. The van der Waals surface area contributed by atoms with Crippen molar-refractivity contribution in [2.75, 3.05) is 27.2 Å². The van der Waals surface area contributed by atoms with E-state index in [1.165, 1.54) is 4.90 Å². The summed E-state index contributed by atoms with van der Waals surface area (Å²) in [6.07, 6.45) is -0.811. The lowest BCUT2D eigenvalue weighted by Crippen LogP contribution is -2.52. The summed E-state index contributed by atoms with van der Waals surface area (Å²) in [5.41, 5.74) is -0.539. The van der Waals surface area contributed by atoms with Gasteiger partial charge in [-0.3, -0.25) is 0 Å². The van der Waals surface area contributed by atoms with Crippen LogP contribution >= 0.6 is 0 Å². The van der Waals surface area contributed by atoms with Crippen LogP contribution in [0, 0.1) is 0 Å². The first-order valence-corrected chi connectivity index (χ1v) is 5.99. The average Bonchev–Trinajstić information content (AvgIpc) is 2.14. The lowest BCUT2D eigenvalue weighted by molar-refractivity contribution is 0.000465. The molecule has 1 aliphatic rings. The van der Waals surface area contributed by atoms with Crippen LogP contribution in [0.25, 0.3) is 0 Å². The summed E-state index contributed by atoms with van der Waals surface area (Å²) >= 11 is 0. The summed E-state index contributed by atoms with van der Waals surface area (Å²) in [5.74, 6) is 0. The van der Waals surface area contributed by atoms with Crippen molar-refractivity contribution in [3.63, 3.8) is 0 Å². The fraction of sp³-hybridized carbons (Fsp3) is 0.917. The Kier molecular flexibility index (Phi) is 4.36. The molecule has 1 fully saturated rings. The predicted molar refractivity (Wildman–Crippen MR) is 64.8 cm³/mol. The van der Waals surface area contributed by atoms with Gasteiger partial charge >= 0.3 is 6.09 Å². The fourth-order valence-electron chi connectivity index (χ4n) is 1.95. The third-order valence-electron chi connectivity index (χ3n) is 2.89. The van der Waals surface area contributed by atoms with Crippen molar-refractivity contribution in [1.29, 1.82) is 0 Å². The number of carbonyl (C=O) groups is 1. The Morgan fingerprint density at radius 1 is 1.47 bits per heavy atom. The Bertz CT molecular complexity index is 278. The van der Waals surface area contributed by atoms with Gasteiger partial charge in [0.1, 0.15) is 11.8 Å². The normalized spacial score (nSPS) is 26.7. The Morgan fingerprint density at radius 3 is 2.53 bits per heavy atom. The molecule has 1 heterocycles. The molecule has 100 valence electrons. The second kappa shape index (κ2) is 5.21. The number of ether oxygens (including phenoxy) is 1. The third kappa shape index (κ3) is 4.15. The highest BCUT2D eigenvalue weighted by molar-refractivity contribution is 5.68. The second-order valence-corrected chi connectivity index (χ2v) is 5.73. The van der Waals surface area contributed by atoms with Crippen LogP contribution in [0.4, 0.5) is 9.18 Å². The van der Waals surface area contributed by atoms with E-state index in [2.05, 4.69) is 0 Å². The lowest BCUT2D eigenvalue weighted by Gasteiger charge is -2.38. The maximum absolute atomic E-state index is 13.9. The fourth-order valence-corrected chi connectivity index (χ4v) is 1.95. The highest BCUT2D eigenvalue weighted by Crippen LogP contribution is 2.20. The van der Waals surface area contributed by atoms with Crippen LogP contribution in [-0.4, -0.2) is 60.9 Å². The van der Waals surface area contributed by atoms with Gasteiger partial charge in [0.15, 0.2) is 0 Å². The first-order valence-electron chi connectivity index (χ1n) is 5.99. The van der Waals surface area contributed by atoms with Gasteiger partial charge < -0.3 is 14.5 Å². The van der Waals surface area contributed by atoms with Crippen molar-refractivity contribution in [2.45, 2.75) is 45.0 Å². The van der Waals surface area contributed by atoms with Gasteiger partial charge in [0.25, 0.3) is 0 Å². The summed E-state index contributed by atoms with van der Waals surface area (Å²) in [6, 6.07) is -0.374. The molecule has 1 amide bonds. The molecule has 5 heteroatoms. The Balaban J connectivity index is 2.57. The van der Waals surface area contributed by atoms with Gasteiger partial charge in [-0.2, -0.15) is 0 Å². The molecule has 17 heavy (non-hydrogen) atoms. The Labute approximate surface area is 103 Å². The highest BCUT2D eigenvalue weighted by Gasteiger charge is 2.34. The predicted octanol–water partition coefficient (Wildman–Crippen LogP) is 1.90. The molecule has 0 bridgehead atoms. The van der Waals surface area contributed by atoms with Crippen molar-refractivity contribution >= 4 is 6.09 Å². The van der Waals surface area contributed by atoms with Crippen LogP contribution < -0.4 is 0 Å². The van der Waals surface area contributed by atoms with Crippen molar-refractivity contribution in [1.82, 2.24) is 9.80 Å². The van der Waals surface area contributed by atoms with E-state index in [9.17, 15) is 9.18 Å². The number of rotatable bonds is 1. The molecule has 0 aromatic rings. The number of carbonyl (C=O) groups excluding carboxylic acids is 1. The first kappa shape index (κ1) is 14.2. The minimum absolute atomic E-state index is 0.373. The maximum Gasteiger partial charge on any atom is 0.410 e. The van der Waals surface area contributed by atoms with E-state index in [1.807, 2.05) is 11.9 Å². The van der Waals surface area contributed by atoms with Crippen LogP contribution in [0.15, 0.2) is 0 Å². The maximum atomic E-state index is 13.9. The Hall–Kier alpha value is -0.840. The number of alkyl halides is 1. The number of halogens is 1. The molecule has 0 aromatic carbocycles. The molecule has 1 aliphatic heterocycles. The molecule has 2 atom stereocenters. The monoisotopic (exact) mass is 246 g/mol. The number of piperidine rings is 1. The minimum atomic E-state index is -1.01. The van der Waals surface area contributed by atoms with E-state index in [0.717, 1.165) is 6.54 Å². The molecule has 0 aromatic heterocycles. The van der Waals surface area contributed by atoms with Crippen LogP contribution in [0.3, 0.4) is 0 Å². The summed E-state index contributed by atoms with van der Waals surface area (Å²) in [5, 5.41) is 0. The van der Waals surface area contributed by atoms with Crippen LogP contribution in [-0.2, 0) is 4.74 Å². The summed E-state index contributed by atoms with van der Waals surface area (Å²) in [4.78, 5) is 15.1. The van der Waals surface area contributed by atoms with Gasteiger partial charge in [0, 0.05) is 20.1 Å². The van der Waals surface area contributed by atoms with E-state index < -0.39 is 17.9 Å². The zero-order chi connectivity index (χ0) is 13.2. The minimum Gasteiger partial charge on any atom is -0.444 e. The summed E-state index contributed by atoms with van der Waals surface area (Å²) in [6.45, 7) is 6.59. The van der Waals surface area contributed by atoms with E-state index in [1.54, 1.807) is 27.8 Å². The smallest absolute Gasteiger partial charge is 0.410 e. The second-order valence-electron chi connectivity index (χ2n) is 5.73. The first-order chi connectivity index (χ1) is 7.70. The molecule has 0 unspecified atom stereocenters. The van der Waals surface area contributed by atoms with Gasteiger partial charge in [0.2, 0.25) is 0 Å². The van der Waals surface area contributed by atoms with E-state index in [0.29, 0.717) is 13.0 Å². The quantitative estimate of drug-likeness (QED) is 0.708. The van der Waals surface area contributed by atoms with Crippen molar-refractivity contribution in [3.05, 3.63) is 0 Å². The van der Waals surface area contributed by atoms with Crippen molar-refractivity contribution in [3.8, 4) is 0 Å². The van der Waals surface area contributed by atoms with E-state index in [4.69, 9.17) is 4.74 Å². The largest absolute Gasteiger partial charge is 0.444 e. The molecule has 1 saturated heterocycles. The molecule has 0 radical (unpaired) electrons. The number of likely N-dealkylation sites (tertiary alicyclic amines) is 1. The van der Waals surface area contributed by atoms with Gasteiger partial charge in [0.05, 0.1) is 6.04 Å². The molecule has 0 saturated carbocycles. The van der Waals surface area contributed by atoms with Crippen LogP contribution in [0.2, 0.25) is 0 Å². The SMILES string of the molecule is CN1CC[C@@H](N(C)C(=O)OC(C)(C)C)[C@@H](F)C1. The number of nitrogens with zero attached hydrogens (tertiary/aromatic N) is 2. The lowest BCUT2D eigenvalue weighted by atomic mass is 10.0. The highest BCUT2D eigenvalue weighted by atomic mass is 19.1. The summed E-state index contributed by atoms with van der Waals surface area (Å²) < 4.78 is 19.1.